The van der Waals surface area contributed by atoms with E-state index in [2.05, 4.69) is 35.8 Å². The van der Waals surface area contributed by atoms with E-state index >= 15 is 0 Å². The first kappa shape index (κ1) is 14.4. The first-order valence-electron chi connectivity index (χ1n) is 7.85. The monoisotopic (exact) mass is 292 g/mol. The number of benzene rings is 1. The standard InChI is InChI=1S/C17H24N2.ClH/c1-12-2-5-15-14(10-12)16(19-13-3-4-13)11-17(15)6-8-18-9-7-17;/h2,5,10,13,16,18-19H,3-4,6-9,11H2,1H3;1H. The Morgan fingerprint density at radius 1 is 1.20 bits per heavy atom. The van der Waals surface area contributed by atoms with Crippen LogP contribution in [0, 0.1) is 6.92 Å². The lowest BCUT2D eigenvalue weighted by molar-refractivity contribution is 0.282. The van der Waals surface area contributed by atoms with E-state index in [0.29, 0.717) is 11.5 Å². The number of fused-ring (bicyclic) bond motifs is 2. The Morgan fingerprint density at radius 3 is 2.65 bits per heavy atom. The summed E-state index contributed by atoms with van der Waals surface area (Å²) < 4.78 is 0. The van der Waals surface area contributed by atoms with Crippen molar-refractivity contribution in [3.05, 3.63) is 34.9 Å². The fourth-order valence-corrected chi connectivity index (χ4v) is 4.13. The van der Waals surface area contributed by atoms with Gasteiger partial charge in [0, 0.05) is 12.1 Å². The highest BCUT2D eigenvalue weighted by Crippen LogP contribution is 2.50. The summed E-state index contributed by atoms with van der Waals surface area (Å²) in [6.45, 7) is 4.59. The van der Waals surface area contributed by atoms with E-state index < -0.39 is 0 Å². The van der Waals surface area contributed by atoms with Gasteiger partial charge >= 0.3 is 0 Å². The molecule has 4 rings (SSSR count). The maximum Gasteiger partial charge on any atom is 0.0334 e. The second-order valence-electron chi connectivity index (χ2n) is 6.82. The summed E-state index contributed by atoms with van der Waals surface area (Å²) in [5.41, 5.74) is 5.12. The van der Waals surface area contributed by atoms with Gasteiger partial charge in [0.05, 0.1) is 0 Å². The van der Waals surface area contributed by atoms with Crippen molar-refractivity contribution < 1.29 is 0 Å². The Labute approximate surface area is 128 Å². The number of halogens is 1. The second kappa shape index (κ2) is 5.32. The number of aryl methyl sites for hydroxylation is 1. The molecular formula is C17H25ClN2. The molecule has 2 N–H and O–H groups in total. The summed E-state index contributed by atoms with van der Waals surface area (Å²) >= 11 is 0. The van der Waals surface area contributed by atoms with Crippen LogP contribution in [0.1, 0.15) is 54.8 Å². The minimum absolute atomic E-state index is 0. The summed E-state index contributed by atoms with van der Waals surface area (Å²) in [5.74, 6) is 0. The average Bonchev–Trinajstić information content (AvgIpc) is 3.18. The van der Waals surface area contributed by atoms with Gasteiger partial charge in [0.25, 0.3) is 0 Å². The summed E-state index contributed by atoms with van der Waals surface area (Å²) in [4.78, 5) is 0. The number of hydrogen-bond acceptors (Lipinski definition) is 2. The molecule has 1 aromatic carbocycles. The van der Waals surface area contributed by atoms with Crippen LogP contribution in [0.3, 0.4) is 0 Å². The molecule has 0 bridgehead atoms. The van der Waals surface area contributed by atoms with E-state index in [1.54, 1.807) is 11.1 Å². The molecular weight excluding hydrogens is 268 g/mol. The zero-order valence-corrected chi connectivity index (χ0v) is 13.1. The van der Waals surface area contributed by atoms with Crippen LogP contribution in [0.4, 0.5) is 0 Å². The topological polar surface area (TPSA) is 24.1 Å². The molecule has 1 spiro atoms. The lowest BCUT2D eigenvalue weighted by atomic mass is 9.74. The van der Waals surface area contributed by atoms with Gasteiger partial charge in [-0.1, -0.05) is 23.8 Å². The third-order valence-electron chi connectivity index (χ3n) is 5.32. The minimum atomic E-state index is 0. The molecule has 20 heavy (non-hydrogen) atoms. The molecule has 1 heterocycles. The Morgan fingerprint density at radius 2 is 1.95 bits per heavy atom. The van der Waals surface area contributed by atoms with Crippen molar-refractivity contribution in [1.82, 2.24) is 10.6 Å². The molecule has 2 nitrogen and oxygen atoms in total. The van der Waals surface area contributed by atoms with Crippen molar-refractivity contribution in [1.29, 1.82) is 0 Å². The maximum absolute atomic E-state index is 3.89. The quantitative estimate of drug-likeness (QED) is 0.874. The number of rotatable bonds is 2. The summed E-state index contributed by atoms with van der Waals surface area (Å²) in [6, 6.07) is 8.58. The van der Waals surface area contributed by atoms with Gasteiger partial charge in [0.2, 0.25) is 0 Å². The van der Waals surface area contributed by atoms with Crippen LogP contribution < -0.4 is 10.6 Å². The van der Waals surface area contributed by atoms with Gasteiger partial charge in [0.15, 0.2) is 0 Å². The molecule has 0 amide bonds. The highest BCUT2D eigenvalue weighted by Gasteiger charge is 2.45. The number of hydrogen-bond donors (Lipinski definition) is 2. The summed E-state index contributed by atoms with van der Waals surface area (Å²) in [6.07, 6.45) is 6.71. The molecule has 2 fully saturated rings. The molecule has 3 aliphatic rings. The van der Waals surface area contributed by atoms with Crippen molar-refractivity contribution >= 4 is 12.4 Å². The zero-order chi connectivity index (χ0) is 12.9. The number of nitrogens with one attached hydrogen (secondary N) is 2. The third kappa shape index (κ3) is 2.38. The zero-order valence-electron chi connectivity index (χ0n) is 12.2. The maximum atomic E-state index is 3.89. The van der Waals surface area contributed by atoms with Gasteiger partial charge in [-0.05, 0) is 68.7 Å². The Hall–Kier alpha value is -0.570. The van der Waals surface area contributed by atoms with E-state index in [-0.39, 0.29) is 12.4 Å². The van der Waals surface area contributed by atoms with Crippen LogP contribution >= 0.6 is 12.4 Å². The van der Waals surface area contributed by atoms with Crippen molar-refractivity contribution in [2.45, 2.75) is 56.5 Å². The molecule has 0 aromatic heterocycles. The van der Waals surface area contributed by atoms with Gasteiger partial charge < -0.3 is 10.6 Å². The van der Waals surface area contributed by atoms with Crippen molar-refractivity contribution in [2.75, 3.05) is 13.1 Å². The van der Waals surface area contributed by atoms with Gasteiger partial charge in [-0.2, -0.15) is 0 Å². The fraction of sp³-hybridized carbons (Fsp3) is 0.647. The van der Waals surface area contributed by atoms with Gasteiger partial charge in [0.1, 0.15) is 0 Å². The first-order valence-corrected chi connectivity index (χ1v) is 7.85. The smallest absolute Gasteiger partial charge is 0.0334 e. The Bertz CT molecular complexity index is 490. The molecule has 1 saturated carbocycles. The van der Waals surface area contributed by atoms with Crippen molar-refractivity contribution in [3.63, 3.8) is 0 Å². The molecule has 1 aromatic rings. The van der Waals surface area contributed by atoms with Crippen LogP contribution in [0.15, 0.2) is 18.2 Å². The predicted molar refractivity (Wildman–Crippen MR) is 85.7 cm³/mol. The highest BCUT2D eigenvalue weighted by molar-refractivity contribution is 5.85. The van der Waals surface area contributed by atoms with Crippen LogP contribution in [0.2, 0.25) is 0 Å². The molecule has 110 valence electrons. The van der Waals surface area contributed by atoms with Gasteiger partial charge in [-0.3, -0.25) is 0 Å². The average molecular weight is 293 g/mol. The van der Waals surface area contributed by atoms with E-state index in [4.69, 9.17) is 0 Å². The highest BCUT2D eigenvalue weighted by atomic mass is 35.5. The molecule has 3 heteroatoms. The number of piperidine rings is 1. The van der Waals surface area contributed by atoms with Gasteiger partial charge in [-0.15, -0.1) is 12.4 Å². The van der Waals surface area contributed by atoms with Crippen molar-refractivity contribution in [2.24, 2.45) is 0 Å². The van der Waals surface area contributed by atoms with E-state index in [1.165, 1.54) is 50.8 Å². The van der Waals surface area contributed by atoms with E-state index in [0.717, 1.165) is 6.04 Å². The summed E-state index contributed by atoms with van der Waals surface area (Å²) in [5, 5.41) is 7.41. The largest absolute Gasteiger partial charge is 0.317 e. The lowest BCUT2D eigenvalue weighted by Crippen LogP contribution is -2.39. The molecule has 2 aliphatic carbocycles. The minimum Gasteiger partial charge on any atom is -0.317 e. The van der Waals surface area contributed by atoms with E-state index in [9.17, 15) is 0 Å². The molecule has 0 radical (unpaired) electrons. The Balaban J connectivity index is 0.00000121. The second-order valence-corrected chi connectivity index (χ2v) is 6.82. The third-order valence-corrected chi connectivity index (χ3v) is 5.32. The molecule has 1 unspecified atom stereocenters. The molecule has 1 aliphatic heterocycles. The van der Waals surface area contributed by atoms with Crippen LogP contribution in [0.25, 0.3) is 0 Å². The van der Waals surface area contributed by atoms with Crippen LogP contribution in [-0.2, 0) is 5.41 Å². The molecule has 1 atom stereocenters. The lowest BCUT2D eigenvalue weighted by Gasteiger charge is -2.35. The van der Waals surface area contributed by atoms with Crippen LogP contribution in [-0.4, -0.2) is 19.1 Å². The summed E-state index contributed by atoms with van der Waals surface area (Å²) in [7, 11) is 0. The van der Waals surface area contributed by atoms with Crippen LogP contribution in [0.5, 0.6) is 0 Å². The fourth-order valence-electron chi connectivity index (χ4n) is 4.13. The predicted octanol–water partition coefficient (Wildman–Crippen LogP) is 3.23. The first-order chi connectivity index (χ1) is 9.27. The van der Waals surface area contributed by atoms with Crippen molar-refractivity contribution in [3.8, 4) is 0 Å². The Kier molecular flexibility index (Phi) is 3.83. The normalized spacial score (nSPS) is 27.1. The van der Waals surface area contributed by atoms with Gasteiger partial charge in [-0.25, -0.2) is 0 Å². The SMILES string of the molecule is Cc1ccc2c(c1)C(NC1CC1)CC21CCNCC1.Cl. The molecule has 1 saturated heterocycles. The van der Waals surface area contributed by atoms with E-state index in [1.807, 2.05) is 0 Å².